The van der Waals surface area contributed by atoms with Crippen molar-refractivity contribution in [3.63, 3.8) is 0 Å². The van der Waals surface area contributed by atoms with Gasteiger partial charge in [0.15, 0.2) is 0 Å². The summed E-state index contributed by atoms with van der Waals surface area (Å²) in [5.74, 6) is -0.339. The first-order valence-corrected chi connectivity index (χ1v) is 11.1. The number of rotatable bonds is 5. The minimum absolute atomic E-state index is 0.168. The van der Waals surface area contributed by atoms with Crippen molar-refractivity contribution in [2.24, 2.45) is 0 Å². The second kappa shape index (κ2) is 9.26. The van der Waals surface area contributed by atoms with Gasteiger partial charge in [-0.15, -0.1) is 10.2 Å². The van der Waals surface area contributed by atoms with Gasteiger partial charge < -0.3 is 5.32 Å². The van der Waals surface area contributed by atoms with E-state index in [-0.39, 0.29) is 11.9 Å². The summed E-state index contributed by atoms with van der Waals surface area (Å²) in [5, 5.41) is 16.3. The van der Waals surface area contributed by atoms with Crippen molar-refractivity contribution >= 4 is 34.5 Å². The van der Waals surface area contributed by atoms with Gasteiger partial charge in [-0.3, -0.25) is 10.1 Å². The minimum atomic E-state index is -0.486. The number of carbonyl (C=O) groups excluding carboxylic acids is 2. The molecule has 0 bridgehead atoms. The van der Waals surface area contributed by atoms with Crippen LogP contribution < -0.4 is 10.6 Å². The van der Waals surface area contributed by atoms with E-state index in [4.69, 9.17) is 0 Å². The minimum Gasteiger partial charge on any atom is -0.335 e. The lowest BCUT2D eigenvalue weighted by Crippen LogP contribution is -2.45. The van der Waals surface area contributed by atoms with Crippen LogP contribution in [-0.4, -0.2) is 33.4 Å². The number of nitrogens with one attached hydrogen (secondary N) is 2. The van der Waals surface area contributed by atoms with Crippen LogP contribution in [0.5, 0.6) is 0 Å². The Labute approximate surface area is 179 Å². The Morgan fingerprint density at radius 1 is 0.967 bits per heavy atom. The average molecular weight is 421 g/mol. The number of aromatic nitrogens is 2. The van der Waals surface area contributed by atoms with E-state index in [0.29, 0.717) is 5.03 Å². The van der Waals surface area contributed by atoms with Gasteiger partial charge in [-0.1, -0.05) is 79.2 Å². The molecular formula is C23H24N4O2S. The van der Waals surface area contributed by atoms with Gasteiger partial charge in [0.05, 0.1) is 5.25 Å². The highest BCUT2D eigenvalue weighted by molar-refractivity contribution is 8.00. The zero-order valence-electron chi connectivity index (χ0n) is 16.8. The SMILES string of the molecule is C[C@H](Sc1nnc(-c2ccccc2)c2ccccc12)C(=O)NC(=O)NC1CCCC1. The van der Waals surface area contributed by atoms with Crippen molar-refractivity contribution in [2.45, 2.75) is 48.9 Å². The number of benzene rings is 2. The predicted octanol–water partition coefficient (Wildman–Crippen LogP) is 4.55. The molecule has 3 amide bonds. The quantitative estimate of drug-likeness (QED) is 0.592. The molecule has 1 atom stereocenters. The van der Waals surface area contributed by atoms with Crippen LogP contribution in [0.3, 0.4) is 0 Å². The molecular weight excluding hydrogens is 396 g/mol. The summed E-state index contributed by atoms with van der Waals surface area (Å²) in [6, 6.07) is 17.6. The second-order valence-corrected chi connectivity index (χ2v) is 8.80. The smallest absolute Gasteiger partial charge is 0.321 e. The fourth-order valence-electron chi connectivity index (χ4n) is 3.70. The second-order valence-electron chi connectivity index (χ2n) is 7.47. The van der Waals surface area contributed by atoms with Crippen molar-refractivity contribution in [1.82, 2.24) is 20.8 Å². The normalized spacial score (nSPS) is 15.1. The summed E-state index contributed by atoms with van der Waals surface area (Å²) in [5.41, 5.74) is 1.80. The molecule has 0 radical (unpaired) electrons. The number of urea groups is 1. The molecule has 1 aliphatic carbocycles. The molecule has 0 saturated heterocycles. The van der Waals surface area contributed by atoms with Crippen molar-refractivity contribution in [3.05, 3.63) is 54.6 Å². The number of nitrogens with zero attached hydrogens (tertiary/aromatic N) is 2. The van der Waals surface area contributed by atoms with Gasteiger partial charge in [0, 0.05) is 22.4 Å². The van der Waals surface area contributed by atoms with E-state index in [2.05, 4.69) is 20.8 Å². The molecule has 0 unspecified atom stereocenters. The maximum Gasteiger partial charge on any atom is 0.321 e. The largest absolute Gasteiger partial charge is 0.335 e. The summed E-state index contributed by atoms with van der Waals surface area (Å²) >= 11 is 1.30. The topological polar surface area (TPSA) is 84.0 Å². The van der Waals surface area contributed by atoms with Crippen LogP contribution in [0.4, 0.5) is 4.79 Å². The highest BCUT2D eigenvalue weighted by Gasteiger charge is 2.22. The summed E-state index contributed by atoms with van der Waals surface area (Å²) in [6.45, 7) is 1.77. The zero-order valence-corrected chi connectivity index (χ0v) is 17.6. The first-order valence-electron chi connectivity index (χ1n) is 10.2. The fraction of sp³-hybridized carbons (Fsp3) is 0.304. The Morgan fingerprint density at radius 2 is 1.63 bits per heavy atom. The summed E-state index contributed by atoms with van der Waals surface area (Å²) in [7, 11) is 0. The van der Waals surface area contributed by atoms with Gasteiger partial charge in [0.25, 0.3) is 0 Å². The standard InChI is InChI=1S/C23H24N4O2S/c1-15(21(28)25-23(29)24-17-11-5-6-12-17)30-22-19-14-8-7-13-18(19)20(26-27-22)16-9-3-2-4-10-16/h2-4,7-10,13-15,17H,5-6,11-12H2,1H3,(H2,24,25,28,29)/t15-/m0/s1. The first kappa shape index (κ1) is 20.3. The lowest BCUT2D eigenvalue weighted by Gasteiger charge is -2.15. The van der Waals surface area contributed by atoms with Gasteiger partial charge in [-0.25, -0.2) is 4.79 Å². The summed E-state index contributed by atoms with van der Waals surface area (Å²) in [4.78, 5) is 24.6. The van der Waals surface area contributed by atoms with Gasteiger partial charge in [0.1, 0.15) is 10.7 Å². The van der Waals surface area contributed by atoms with Crippen LogP contribution in [0.1, 0.15) is 32.6 Å². The third-order valence-electron chi connectivity index (χ3n) is 5.29. The van der Waals surface area contributed by atoms with Crippen molar-refractivity contribution in [3.8, 4) is 11.3 Å². The maximum absolute atomic E-state index is 12.5. The molecule has 1 saturated carbocycles. The number of amides is 3. The molecule has 2 aromatic carbocycles. The van der Waals surface area contributed by atoms with E-state index >= 15 is 0 Å². The van der Waals surface area contributed by atoms with Gasteiger partial charge in [-0.05, 0) is 19.8 Å². The van der Waals surface area contributed by atoms with Crippen LogP contribution in [0.2, 0.25) is 0 Å². The Hall–Kier alpha value is -2.93. The van der Waals surface area contributed by atoms with Crippen LogP contribution in [0.15, 0.2) is 59.6 Å². The maximum atomic E-state index is 12.5. The van der Waals surface area contributed by atoms with Crippen LogP contribution in [-0.2, 0) is 4.79 Å². The Balaban J connectivity index is 1.49. The molecule has 6 nitrogen and oxygen atoms in total. The summed E-state index contributed by atoms with van der Waals surface area (Å²) < 4.78 is 0. The van der Waals surface area contributed by atoms with Gasteiger partial charge in [0.2, 0.25) is 5.91 Å². The van der Waals surface area contributed by atoms with E-state index in [1.54, 1.807) is 6.92 Å². The van der Waals surface area contributed by atoms with Crippen molar-refractivity contribution < 1.29 is 9.59 Å². The lowest BCUT2D eigenvalue weighted by atomic mass is 10.1. The van der Waals surface area contributed by atoms with Crippen LogP contribution >= 0.6 is 11.8 Å². The highest BCUT2D eigenvalue weighted by Crippen LogP contribution is 2.33. The Kier molecular flexibility index (Phi) is 6.28. The molecule has 0 aliphatic heterocycles. The molecule has 154 valence electrons. The molecule has 2 N–H and O–H groups in total. The van der Waals surface area contributed by atoms with Crippen LogP contribution in [0, 0.1) is 0 Å². The van der Waals surface area contributed by atoms with Crippen LogP contribution in [0.25, 0.3) is 22.0 Å². The van der Waals surface area contributed by atoms with Gasteiger partial charge in [-0.2, -0.15) is 0 Å². The van der Waals surface area contributed by atoms with E-state index in [9.17, 15) is 9.59 Å². The fourth-order valence-corrected chi connectivity index (χ4v) is 4.60. The number of hydrogen-bond donors (Lipinski definition) is 2. The Morgan fingerprint density at radius 3 is 2.37 bits per heavy atom. The molecule has 3 aromatic rings. The lowest BCUT2D eigenvalue weighted by molar-refractivity contribution is -0.119. The average Bonchev–Trinajstić information content (AvgIpc) is 3.27. The molecule has 7 heteroatoms. The highest BCUT2D eigenvalue weighted by atomic mass is 32.2. The Bertz CT molecular complexity index is 1050. The molecule has 1 aliphatic rings. The first-order chi connectivity index (χ1) is 14.6. The molecule has 0 spiro atoms. The molecule has 1 fully saturated rings. The number of imide groups is 1. The number of fused-ring (bicyclic) bond motifs is 1. The molecule has 30 heavy (non-hydrogen) atoms. The van der Waals surface area contributed by atoms with Crippen molar-refractivity contribution in [1.29, 1.82) is 0 Å². The van der Waals surface area contributed by atoms with Gasteiger partial charge >= 0.3 is 6.03 Å². The molecule has 4 rings (SSSR count). The molecule has 1 heterocycles. The predicted molar refractivity (Wildman–Crippen MR) is 119 cm³/mol. The number of thioether (sulfide) groups is 1. The molecule has 1 aromatic heterocycles. The van der Waals surface area contributed by atoms with E-state index in [1.165, 1.54) is 11.8 Å². The monoisotopic (exact) mass is 420 g/mol. The summed E-state index contributed by atoms with van der Waals surface area (Å²) in [6.07, 6.45) is 4.19. The van der Waals surface area contributed by atoms with E-state index in [0.717, 1.165) is 47.7 Å². The zero-order chi connectivity index (χ0) is 20.9. The number of carbonyl (C=O) groups is 2. The third kappa shape index (κ3) is 4.62. The number of hydrogen-bond acceptors (Lipinski definition) is 5. The van der Waals surface area contributed by atoms with E-state index < -0.39 is 11.3 Å². The van der Waals surface area contributed by atoms with Crippen molar-refractivity contribution in [2.75, 3.05) is 0 Å². The third-order valence-corrected chi connectivity index (χ3v) is 6.38. The van der Waals surface area contributed by atoms with E-state index in [1.807, 2.05) is 54.6 Å².